The van der Waals surface area contributed by atoms with Gasteiger partial charge in [-0.1, -0.05) is 44.2 Å². The van der Waals surface area contributed by atoms with Crippen molar-refractivity contribution in [3.8, 4) is 0 Å². The molecule has 6 nitrogen and oxygen atoms in total. The minimum Gasteiger partial charge on any atom is -0.350 e. The van der Waals surface area contributed by atoms with Gasteiger partial charge in [-0.05, 0) is 78.4 Å². The summed E-state index contributed by atoms with van der Waals surface area (Å²) >= 11 is 0. The molecule has 2 N–H and O–H groups in total. The van der Waals surface area contributed by atoms with Gasteiger partial charge in [0.2, 0.25) is 5.91 Å². The standard InChI is InChI=1S/C29H29N3O3/c1-17(2)21-8-14-25(15-9-21)32-28(34)26(22-7-6-18(3)19(4)16-22)27(29(32)35)31-24-12-10-23(11-13-24)30-20(5)33/h6-17,31H,1-5H3,(H,30,33). The maximum atomic E-state index is 13.7. The van der Waals surface area contributed by atoms with Crippen LogP contribution in [0.5, 0.6) is 0 Å². The van der Waals surface area contributed by atoms with Crippen molar-refractivity contribution < 1.29 is 14.4 Å². The highest BCUT2D eigenvalue weighted by atomic mass is 16.2. The number of hydrogen-bond acceptors (Lipinski definition) is 4. The Morgan fingerprint density at radius 1 is 0.800 bits per heavy atom. The average molecular weight is 468 g/mol. The molecular formula is C29H29N3O3. The first-order valence-corrected chi connectivity index (χ1v) is 11.6. The van der Waals surface area contributed by atoms with Crippen molar-refractivity contribution >= 4 is 40.4 Å². The summed E-state index contributed by atoms with van der Waals surface area (Å²) in [5, 5.41) is 5.89. The van der Waals surface area contributed by atoms with Gasteiger partial charge >= 0.3 is 0 Å². The largest absolute Gasteiger partial charge is 0.350 e. The number of amides is 3. The Hall–Kier alpha value is -4.19. The van der Waals surface area contributed by atoms with Crippen LogP contribution < -0.4 is 15.5 Å². The summed E-state index contributed by atoms with van der Waals surface area (Å²) in [4.78, 5) is 39.8. The zero-order valence-electron chi connectivity index (χ0n) is 20.6. The second kappa shape index (κ2) is 9.58. The van der Waals surface area contributed by atoms with Gasteiger partial charge in [-0.3, -0.25) is 14.4 Å². The predicted octanol–water partition coefficient (Wildman–Crippen LogP) is 5.78. The molecule has 0 spiro atoms. The molecule has 0 saturated carbocycles. The van der Waals surface area contributed by atoms with Crippen LogP contribution >= 0.6 is 0 Å². The van der Waals surface area contributed by atoms with Gasteiger partial charge in [0.1, 0.15) is 5.70 Å². The van der Waals surface area contributed by atoms with Gasteiger partial charge in [-0.2, -0.15) is 0 Å². The van der Waals surface area contributed by atoms with Crippen molar-refractivity contribution in [1.29, 1.82) is 0 Å². The van der Waals surface area contributed by atoms with Crippen molar-refractivity contribution in [2.75, 3.05) is 15.5 Å². The van der Waals surface area contributed by atoms with Gasteiger partial charge in [-0.15, -0.1) is 0 Å². The van der Waals surface area contributed by atoms with Crippen LogP contribution in [0, 0.1) is 13.8 Å². The molecule has 6 heteroatoms. The van der Waals surface area contributed by atoms with E-state index in [1.54, 1.807) is 24.3 Å². The van der Waals surface area contributed by atoms with E-state index in [9.17, 15) is 14.4 Å². The zero-order valence-corrected chi connectivity index (χ0v) is 20.6. The fourth-order valence-corrected chi connectivity index (χ4v) is 4.04. The first-order valence-electron chi connectivity index (χ1n) is 11.6. The lowest BCUT2D eigenvalue weighted by Gasteiger charge is -2.16. The Kier molecular flexibility index (Phi) is 6.56. The second-order valence-corrected chi connectivity index (χ2v) is 9.12. The van der Waals surface area contributed by atoms with Crippen LogP contribution in [-0.4, -0.2) is 17.7 Å². The third kappa shape index (κ3) is 4.87. The van der Waals surface area contributed by atoms with Crippen LogP contribution in [0.4, 0.5) is 17.1 Å². The minimum absolute atomic E-state index is 0.166. The number of imide groups is 1. The van der Waals surface area contributed by atoms with E-state index in [-0.39, 0.29) is 17.5 Å². The van der Waals surface area contributed by atoms with E-state index in [4.69, 9.17) is 0 Å². The summed E-state index contributed by atoms with van der Waals surface area (Å²) in [6.07, 6.45) is 0. The van der Waals surface area contributed by atoms with Crippen LogP contribution in [-0.2, 0) is 14.4 Å². The molecule has 0 bridgehead atoms. The van der Waals surface area contributed by atoms with Crippen molar-refractivity contribution in [2.45, 2.75) is 40.5 Å². The van der Waals surface area contributed by atoms with Crippen molar-refractivity contribution in [1.82, 2.24) is 0 Å². The number of aryl methyl sites for hydroxylation is 2. The van der Waals surface area contributed by atoms with E-state index in [1.165, 1.54) is 11.8 Å². The average Bonchev–Trinajstić information content (AvgIpc) is 3.06. The van der Waals surface area contributed by atoms with Crippen molar-refractivity contribution in [3.63, 3.8) is 0 Å². The Morgan fingerprint density at radius 3 is 2.00 bits per heavy atom. The lowest BCUT2D eigenvalue weighted by Crippen LogP contribution is -2.32. The third-order valence-electron chi connectivity index (χ3n) is 6.17. The van der Waals surface area contributed by atoms with Crippen LogP contribution in [0.1, 0.15) is 48.9 Å². The normalized spacial score (nSPS) is 13.6. The van der Waals surface area contributed by atoms with Crippen LogP contribution in [0.2, 0.25) is 0 Å². The van der Waals surface area contributed by atoms with E-state index in [0.29, 0.717) is 34.1 Å². The summed E-state index contributed by atoms with van der Waals surface area (Å²) < 4.78 is 0. The molecule has 0 saturated heterocycles. The minimum atomic E-state index is -0.411. The number of carbonyl (C=O) groups excluding carboxylic acids is 3. The van der Waals surface area contributed by atoms with E-state index in [0.717, 1.165) is 16.7 Å². The van der Waals surface area contributed by atoms with Crippen LogP contribution in [0.25, 0.3) is 5.57 Å². The van der Waals surface area contributed by atoms with Crippen molar-refractivity contribution in [3.05, 3.63) is 94.7 Å². The molecule has 0 aliphatic carbocycles. The van der Waals surface area contributed by atoms with Gasteiger partial charge in [0, 0.05) is 18.3 Å². The number of nitrogens with one attached hydrogen (secondary N) is 2. The fourth-order valence-electron chi connectivity index (χ4n) is 4.04. The van der Waals surface area contributed by atoms with Gasteiger partial charge in [0.25, 0.3) is 11.8 Å². The molecule has 4 rings (SSSR count). The lowest BCUT2D eigenvalue weighted by atomic mass is 9.99. The van der Waals surface area contributed by atoms with Crippen molar-refractivity contribution in [2.24, 2.45) is 0 Å². The number of anilines is 3. The maximum Gasteiger partial charge on any atom is 0.282 e. The van der Waals surface area contributed by atoms with Gasteiger partial charge in [0.05, 0.1) is 11.3 Å². The van der Waals surface area contributed by atoms with E-state index in [2.05, 4.69) is 24.5 Å². The molecule has 1 heterocycles. The molecule has 35 heavy (non-hydrogen) atoms. The smallest absolute Gasteiger partial charge is 0.282 e. The molecule has 0 fully saturated rings. The molecule has 0 unspecified atom stereocenters. The van der Waals surface area contributed by atoms with E-state index < -0.39 is 5.91 Å². The molecule has 1 aliphatic rings. The molecule has 3 amide bonds. The first kappa shape index (κ1) is 24.0. The second-order valence-electron chi connectivity index (χ2n) is 9.12. The summed E-state index contributed by atoms with van der Waals surface area (Å²) in [7, 11) is 0. The van der Waals surface area contributed by atoms with E-state index >= 15 is 0 Å². The Balaban J connectivity index is 1.75. The molecule has 0 atom stereocenters. The Bertz CT molecular complexity index is 1340. The summed E-state index contributed by atoms with van der Waals surface area (Å²) in [6.45, 7) is 9.63. The predicted molar refractivity (Wildman–Crippen MR) is 140 cm³/mol. The molecule has 1 aliphatic heterocycles. The molecule has 0 radical (unpaired) electrons. The third-order valence-corrected chi connectivity index (χ3v) is 6.17. The zero-order chi connectivity index (χ0) is 25.3. The van der Waals surface area contributed by atoms with Gasteiger partial charge in [-0.25, -0.2) is 4.90 Å². The lowest BCUT2D eigenvalue weighted by molar-refractivity contribution is -0.120. The summed E-state index contributed by atoms with van der Waals surface area (Å²) in [6, 6.07) is 20.3. The monoisotopic (exact) mass is 467 g/mol. The molecule has 0 aromatic heterocycles. The Labute approximate surface area is 205 Å². The van der Waals surface area contributed by atoms with Crippen LogP contribution in [0.15, 0.2) is 72.4 Å². The fraction of sp³-hybridized carbons (Fsp3) is 0.207. The Morgan fingerprint density at radius 2 is 1.43 bits per heavy atom. The molecule has 3 aromatic carbocycles. The first-order chi connectivity index (χ1) is 16.7. The van der Waals surface area contributed by atoms with E-state index in [1.807, 2.05) is 56.3 Å². The maximum absolute atomic E-state index is 13.7. The SMILES string of the molecule is CC(=O)Nc1ccc(NC2=C(c3ccc(C)c(C)c3)C(=O)N(c3ccc(C(C)C)cc3)C2=O)cc1. The highest BCUT2D eigenvalue weighted by molar-refractivity contribution is 6.46. The van der Waals surface area contributed by atoms with Gasteiger partial charge in [0.15, 0.2) is 0 Å². The molecule has 178 valence electrons. The highest BCUT2D eigenvalue weighted by Gasteiger charge is 2.40. The highest BCUT2D eigenvalue weighted by Crippen LogP contribution is 2.35. The number of nitrogens with zero attached hydrogens (tertiary/aromatic N) is 1. The summed E-state index contributed by atoms with van der Waals surface area (Å²) in [5.41, 5.74) is 6.32. The number of carbonyl (C=O) groups is 3. The topological polar surface area (TPSA) is 78.5 Å². The number of rotatable bonds is 6. The van der Waals surface area contributed by atoms with Crippen LogP contribution in [0.3, 0.4) is 0 Å². The molecular weight excluding hydrogens is 438 g/mol. The number of hydrogen-bond donors (Lipinski definition) is 2. The number of benzene rings is 3. The van der Waals surface area contributed by atoms with Gasteiger partial charge < -0.3 is 10.6 Å². The summed E-state index contributed by atoms with van der Waals surface area (Å²) in [5.74, 6) is -0.601. The molecule has 3 aromatic rings. The quantitative estimate of drug-likeness (QED) is 0.450.